The van der Waals surface area contributed by atoms with Crippen LogP contribution in [0.3, 0.4) is 0 Å². The molecule has 2 heterocycles. The molecular formula is C16H13N3OS. The summed E-state index contributed by atoms with van der Waals surface area (Å²) in [6.07, 6.45) is 1.65. The van der Waals surface area contributed by atoms with Gasteiger partial charge in [-0.1, -0.05) is 18.2 Å². The summed E-state index contributed by atoms with van der Waals surface area (Å²) >= 11 is 1.41. The first-order valence-corrected chi connectivity index (χ1v) is 7.27. The second-order valence-corrected chi connectivity index (χ2v) is 5.43. The molecule has 1 aromatic carbocycles. The molecule has 4 nitrogen and oxygen atoms in total. The van der Waals surface area contributed by atoms with E-state index in [1.54, 1.807) is 12.3 Å². The summed E-state index contributed by atoms with van der Waals surface area (Å²) < 4.78 is 0. The lowest BCUT2D eigenvalue weighted by atomic mass is 10.1. The second kappa shape index (κ2) is 5.76. The number of nitrogen functional groups attached to an aromatic ring is 1. The van der Waals surface area contributed by atoms with Gasteiger partial charge < -0.3 is 11.1 Å². The zero-order valence-corrected chi connectivity index (χ0v) is 11.9. The molecule has 0 fully saturated rings. The van der Waals surface area contributed by atoms with Gasteiger partial charge in [0.1, 0.15) is 0 Å². The molecular weight excluding hydrogens is 282 g/mol. The highest BCUT2D eigenvalue weighted by atomic mass is 32.1. The topological polar surface area (TPSA) is 68.0 Å². The van der Waals surface area contributed by atoms with Gasteiger partial charge in [-0.15, -0.1) is 11.3 Å². The molecule has 0 unspecified atom stereocenters. The first-order chi connectivity index (χ1) is 10.2. The van der Waals surface area contributed by atoms with Crippen LogP contribution in [0.5, 0.6) is 0 Å². The van der Waals surface area contributed by atoms with Gasteiger partial charge in [-0.05, 0) is 35.7 Å². The Morgan fingerprint density at radius 2 is 1.90 bits per heavy atom. The maximum atomic E-state index is 11.9. The normalized spacial score (nSPS) is 10.3. The van der Waals surface area contributed by atoms with Gasteiger partial charge in [0.25, 0.3) is 5.91 Å². The molecule has 104 valence electrons. The summed E-state index contributed by atoms with van der Waals surface area (Å²) in [5.41, 5.74) is 8.88. The number of nitrogens with zero attached hydrogens (tertiary/aromatic N) is 1. The Balaban J connectivity index is 1.75. The summed E-state index contributed by atoms with van der Waals surface area (Å²) in [5, 5.41) is 4.69. The van der Waals surface area contributed by atoms with Crippen LogP contribution >= 0.6 is 11.3 Å². The fourth-order valence-corrected chi connectivity index (χ4v) is 2.51. The van der Waals surface area contributed by atoms with Crippen molar-refractivity contribution in [1.29, 1.82) is 0 Å². The third kappa shape index (κ3) is 3.09. The van der Waals surface area contributed by atoms with Crippen molar-refractivity contribution in [3.05, 3.63) is 65.0 Å². The van der Waals surface area contributed by atoms with Crippen LogP contribution < -0.4 is 11.1 Å². The lowest BCUT2D eigenvalue weighted by Gasteiger charge is -2.05. The van der Waals surface area contributed by atoms with E-state index in [0.717, 1.165) is 16.9 Å². The molecule has 5 heteroatoms. The minimum absolute atomic E-state index is 0.118. The molecule has 0 spiro atoms. The number of aromatic nitrogens is 1. The van der Waals surface area contributed by atoms with Crippen LogP contribution in [0.15, 0.2) is 60.1 Å². The predicted octanol–water partition coefficient (Wildman–Crippen LogP) is 3.64. The summed E-state index contributed by atoms with van der Waals surface area (Å²) in [5.74, 6) is -0.118. The molecule has 0 saturated carbocycles. The van der Waals surface area contributed by atoms with E-state index < -0.39 is 0 Å². The van der Waals surface area contributed by atoms with E-state index in [1.165, 1.54) is 11.3 Å². The highest BCUT2D eigenvalue weighted by molar-refractivity contribution is 7.12. The molecule has 0 radical (unpaired) electrons. The van der Waals surface area contributed by atoms with E-state index in [0.29, 0.717) is 10.6 Å². The maximum absolute atomic E-state index is 11.9. The number of pyridine rings is 1. The number of hydrogen-bond donors (Lipinski definition) is 2. The predicted molar refractivity (Wildman–Crippen MR) is 86.4 cm³/mol. The van der Waals surface area contributed by atoms with Gasteiger partial charge in [0.15, 0.2) is 0 Å². The SMILES string of the molecule is Nc1ccc(-c2ccc(NC(=O)c3cccs3)cn2)cc1. The van der Waals surface area contributed by atoms with Gasteiger partial charge in [0.05, 0.1) is 22.5 Å². The fourth-order valence-electron chi connectivity index (χ4n) is 1.89. The van der Waals surface area contributed by atoms with E-state index in [-0.39, 0.29) is 5.91 Å². The van der Waals surface area contributed by atoms with Crippen molar-refractivity contribution in [3.63, 3.8) is 0 Å². The van der Waals surface area contributed by atoms with Gasteiger partial charge in [0.2, 0.25) is 0 Å². The third-order valence-electron chi connectivity index (χ3n) is 2.97. The highest BCUT2D eigenvalue weighted by Gasteiger charge is 2.07. The number of nitrogens with one attached hydrogen (secondary N) is 1. The fraction of sp³-hybridized carbons (Fsp3) is 0. The van der Waals surface area contributed by atoms with Crippen molar-refractivity contribution in [2.24, 2.45) is 0 Å². The number of nitrogens with two attached hydrogens (primary N) is 1. The Labute approximate surface area is 126 Å². The van der Waals surface area contributed by atoms with E-state index in [1.807, 2.05) is 47.8 Å². The molecule has 0 aliphatic heterocycles. The van der Waals surface area contributed by atoms with Crippen molar-refractivity contribution in [2.75, 3.05) is 11.1 Å². The van der Waals surface area contributed by atoms with Crippen LogP contribution in [0, 0.1) is 0 Å². The molecule has 3 N–H and O–H groups in total. The minimum atomic E-state index is -0.118. The number of amides is 1. The van der Waals surface area contributed by atoms with Crippen LogP contribution in [-0.2, 0) is 0 Å². The number of hydrogen-bond acceptors (Lipinski definition) is 4. The van der Waals surface area contributed by atoms with E-state index >= 15 is 0 Å². The molecule has 0 atom stereocenters. The molecule has 0 aliphatic carbocycles. The molecule has 3 aromatic rings. The van der Waals surface area contributed by atoms with Crippen LogP contribution in [0.2, 0.25) is 0 Å². The summed E-state index contributed by atoms with van der Waals surface area (Å²) in [7, 11) is 0. The minimum Gasteiger partial charge on any atom is -0.399 e. The van der Waals surface area contributed by atoms with Crippen molar-refractivity contribution >= 4 is 28.6 Å². The summed E-state index contributed by atoms with van der Waals surface area (Å²) in [4.78, 5) is 17.0. The summed E-state index contributed by atoms with van der Waals surface area (Å²) in [6.45, 7) is 0. The zero-order valence-electron chi connectivity index (χ0n) is 11.1. The van der Waals surface area contributed by atoms with Crippen molar-refractivity contribution < 1.29 is 4.79 Å². The number of benzene rings is 1. The highest BCUT2D eigenvalue weighted by Crippen LogP contribution is 2.20. The van der Waals surface area contributed by atoms with Crippen molar-refractivity contribution in [1.82, 2.24) is 4.98 Å². The van der Waals surface area contributed by atoms with Crippen molar-refractivity contribution in [3.8, 4) is 11.3 Å². The molecule has 2 aromatic heterocycles. The Bertz CT molecular complexity index is 734. The van der Waals surface area contributed by atoms with E-state index in [9.17, 15) is 4.79 Å². The lowest BCUT2D eigenvalue weighted by Crippen LogP contribution is -2.10. The first-order valence-electron chi connectivity index (χ1n) is 6.39. The van der Waals surface area contributed by atoms with Gasteiger partial charge in [-0.2, -0.15) is 0 Å². The van der Waals surface area contributed by atoms with Crippen LogP contribution in [0.4, 0.5) is 11.4 Å². The van der Waals surface area contributed by atoms with Gasteiger partial charge in [0, 0.05) is 11.3 Å². The lowest BCUT2D eigenvalue weighted by molar-refractivity contribution is 0.103. The molecule has 0 saturated heterocycles. The van der Waals surface area contributed by atoms with Gasteiger partial charge >= 0.3 is 0 Å². The van der Waals surface area contributed by atoms with Crippen LogP contribution in [-0.4, -0.2) is 10.9 Å². The first kappa shape index (κ1) is 13.3. The Kier molecular flexibility index (Phi) is 3.66. The second-order valence-electron chi connectivity index (χ2n) is 4.49. The zero-order chi connectivity index (χ0) is 14.7. The smallest absolute Gasteiger partial charge is 0.265 e. The molecule has 1 amide bonds. The average Bonchev–Trinajstić information content (AvgIpc) is 3.03. The number of thiophene rings is 1. The summed E-state index contributed by atoms with van der Waals surface area (Å²) in [6, 6.07) is 14.9. The van der Waals surface area contributed by atoms with Crippen molar-refractivity contribution in [2.45, 2.75) is 0 Å². The van der Waals surface area contributed by atoms with Crippen LogP contribution in [0.1, 0.15) is 9.67 Å². The maximum Gasteiger partial charge on any atom is 0.265 e. The molecule has 21 heavy (non-hydrogen) atoms. The Hall–Kier alpha value is -2.66. The van der Waals surface area contributed by atoms with E-state index in [4.69, 9.17) is 5.73 Å². The number of carbonyl (C=O) groups excluding carboxylic acids is 1. The van der Waals surface area contributed by atoms with E-state index in [2.05, 4.69) is 10.3 Å². The largest absolute Gasteiger partial charge is 0.399 e. The molecule has 3 rings (SSSR count). The quantitative estimate of drug-likeness (QED) is 0.725. The average molecular weight is 295 g/mol. The number of anilines is 2. The van der Waals surface area contributed by atoms with Crippen LogP contribution in [0.25, 0.3) is 11.3 Å². The number of carbonyl (C=O) groups is 1. The monoisotopic (exact) mass is 295 g/mol. The molecule has 0 aliphatic rings. The number of rotatable bonds is 3. The van der Waals surface area contributed by atoms with Gasteiger partial charge in [-0.3, -0.25) is 9.78 Å². The van der Waals surface area contributed by atoms with Gasteiger partial charge in [-0.25, -0.2) is 0 Å². The third-order valence-corrected chi connectivity index (χ3v) is 3.84. The Morgan fingerprint density at radius 1 is 1.10 bits per heavy atom. The molecule has 0 bridgehead atoms. The standard InChI is InChI=1S/C16H13N3OS/c17-12-5-3-11(4-6-12)14-8-7-13(10-18-14)19-16(20)15-2-1-9-21-15/h1-10H,17H2,(H,19,20). The Morgan fingerprint density at radius 3 is 2.52 bits per heavy atom.